The number of pyridine rings is 1. The van der Waals surface area contributed by atoms with E-state index >= 15 is 0 Å². The predicted molar refractivity (Wildman–Crippen MR) is 103 cm³/mol. The Morgan fingerprint density at radius 2 is 1.80 bits per heavy atom. The molecular weight excluding hydrogens is 400 g/mol. The molecule has 2 aromatic heterocycles. The fraction of sp³-hybridized carbons (Fsp3) is 0.238. The average Bonchev–Trinajstić information content (AvgIpc) is 2.69. The van der Waals surface area contributed by atoms with Crippen LogP contribution in [0.4, 0.5) is 29.2 Å². The minimum absolute atomic E-state index is 0.00725. The molecule has 2 heterocycles. The summed E-state index contributed by atoms with van der Waals surface area (Å²) in [5.74, 6) is -0.980. The summed E-state index contributed by atoms with van der Waals surface area (Å²) >= 11 is 0. The highest BCUT2D eigenvalue weighted by atomic mass is 19.4. The van der Waals surface area contributed by atoms with Crippen molar-refractivity contribution < 1.29 is 22.4 Å². The molecule has 0 fully saturated rings. The van der Waals surface area contributed by atoms with Crippen LogP contribution in [-0.2, 0) is 12.6 Å². The van der Waals surface area contributed by atoms with Crippen LogP contribution in [0.2, 0.25) is 0 Å². The molecule has 0 spiro atoms. The topological polar surface area (TPSA) is 67.8 Å². The average molecular weight is 418 g/mol. The number of benzene rings is 1. The largest absolute Gasteiger partial charge is 0.418 e. The van der Waals surface area contributed by atoms with E-state index in [1.807, 2.05) is 13.8 Å². The van der Waals surface area contributed by atoms with Gasteiger partial charge in [-0.1, -0.05) is 19.9 Å². The summed E-state index contributed by atoms with van der Waals surface area (Å²) < 4.78 is 53.6. The molecule has 30 heavy (non-hydrogen) atoms. The molecule has 0 saturated heterocycles. The lowest BCUT2D eigenvalue weighted by atomic mass is 10.0. The zero-order chi connectivity index (χ0) is 21.9. The maximum Gasteiger partial charge on any atom is 0.418 e. The zero-order valence-corrected chi connectivity index (χ0v) is 16.2. The summed E-state index contributed by atoms with van der Waals surface area (Å²) in [5, 5.41) is 2.70. The van der Waals surface area contributed by atoms with Crippen molar-refractivity contribution in [1.29, 1.82) is 0 Å². The number of nitrogens with zero attached hydrogens (tertiary/aromatic N) is 3. The summed E-state index contributed by atoms with van der Waals surface area (Å²) in [6, 6.07) is 5.75. The van der Waals surface area contributed by atoms with Gasteiger partial charge >= 0.3 is 6.18 Å². The molecule has 5 nitrogen and oxygen atoms in total. The van der Waals surface area contributed by atoms with Crippen LogP contribution in [0.15, 0.2) is 49.1 Å². The molecule has 0 saturated carbocycles. The summed E-state index contributed by atoms with van der Waals surface area (Å²) in [4.78, 5) is 23.7. The van der Waals surface area contributed by atoms with Crippen molar-refractivity contribution in [2.75, 3.05) is 5.32 Å². The highest BCUT2D eigenvalue weighted by Crippen LogP contribution is 2.32. The lowest BCUT2D eigenvalue weighted by Crippen LogP contribution is -2.14. The quantitative estimate of drug-likeness (QED) is 0.440. The van der Waals surface area contributed by atoms with E-state index in [4.69, 9.17) is 0 Å². The highest BCUT2D eigenvalue weighted by Gasteiger charge is 2.35. The summed E-state index contributed by atoms with van der Waals surface area (Å²) in [6.07, 6.45) is -0.117. The van der Waals surface area contributed by atoms with Crippen molar-refractivity contribution in [2.45, 2.75) is 26.4 Å². The molecular formula is C21H18F4N4O. The molecule has 0 amide bonds. The second kappa shape index (κ2) is 8.56. The predicted octanol–water partition coefficient (Wildman–Crippen LogP) is 5.20. The van der Waals surface area contributed by atoms with Gasteiger partial charge in [-0.2, -0.15) is 13.2 Å². The number of nitrogens with one attached hydrogen (secondary N) is 1. The summed E-state index contributed by atoms with van der Waals surface area (Å²) in [5.41, 5.74) is -0.817. The van der Waals surface area contributed by atoms with E-state index in [2.05, 4.69) is 20.3 Å². The van der Waals surface area contributed by atoms with Gasteiger partial charge in [-0.25, -0.2) is 14.4 Å². The van der Waals surface area contributed by atoms with Crippen LogP contribution >= 0.6 is 0 Å². The van der Waals surface area contributed by atoms with E-state index in [0.717, 1.165) is 36.6 Å². The first-order chi connectivity index (χ1) is 14.1. The molecule has 156 valence electrons. The SMILES string of the molecule is CC(C)Cc1ccc(Nc2ncc(C(=O)c3ccncc3C(F)(F)F)cn2)c(F)c1. The van der Waals surface area contributed by atoms with Crippen molar-refractivity contribution in [3.05, 3.63) is 77.1 Å². The van der Waals surface area contributed by atoms with Gasteiger partial charge < -0.3 is 5.32 Å². The molecule has 0 aliphatic heterocycles. The molecule has 0 bridgehead atoms. The Balaban J connectivity index is 1.79. The Kier molecular flexibility index (Phi) is 6.09. The number of halogens is 4. The van der Waals surface area contributed by atoms with E-state index < -0.39 is 28.9 Å². The Hall–Kier alpha value is -3.36. The first-order valence-corrected chi connectivity index (χ1v) is 9.08. The number of ketones is 1. The van der Waals surface area contributed by atoms with Crippen LogP contribution in [0.1, 0.15) is 40.9 Å². The highest BCUT2D eigenvalue weighted by molar-refractivity contribution is 6.09. The number of aromatic nitrogens is 3. The van der Waals surface area contributed by atoms with Gasteiger partial charge in [0.15, 0.2) is 5.78 Å². The summed E-state index contributed by atoms with van der Waals surface area (Å²) in [7, 11) is 0. The van der Waals surface area contributed by atoms with Gasteiger partial charge in [-0.05, 0) is 36.1 Å². The normalized spacial score (nSPS) is 11.6. The van der Waals surface area contributed by atoms with Gasteiger partial charge in [-0.15, -0.1) is 0 Å². The number of carbonyl (C=O) groups is 1. The van der Waals surface area contributed by atoms with Gasteiger partial charge in [-0.3, -0.25) is 9.78 Å². The van der Waals surface area contributed by atoms with Crippen molar-refractivity contribution in [3.63, 3.8) is 0 Å². The van der Waals surface area contributed by atoms with Gasteiger partial charge in [0.25, 0.3) is 0 Å². The van der Waals surface area contributed by atoms with Crippen molar-refractivity contribution in [2.24, 2.45) is 5.92 Å². The van der Waals surface area contributed by atoms with Crippen LogP contribution in [-0.4, -0.2) is 20.7 Å². The Morgan fingerprint density at radius 1 is 1.10 bits per heavy atom. The number of hydrogen-bond acceptors (Lipinski definition) is 5. The fourth-order valence-electron chi connectivity index (χ4n) is 2.86. The van der Waals surface area contributed by atoms with Crippen molar-refractivity contribution >= 4 is 17.4 Å². The Labute approximate surface area is 170 Å². The number of carbonyl (C=O) groups excluding carboxylic acids is 1. The second-order valence-electron chi connectivity index (χ2n) is 7.08. The molecule has 0 aliphatic rings. The lowest BCUT2D eigenvalue weighted by molar-refractivity contribution is -0.138. The second-order valence-corrected chi connectivity index (χ2v) is 7.08. The molecule has 9 heteroatoms. The Bertz CT molecular complexity index is 1050. The smallest absolute Gasteiger partial charge is 0.322 e. The number of rotatable bonds is 6. The molecule has 3 rings (SSSR count). The van der Waals surface area contributed by atoms with E-state index in [9.17, 15) is 22.4 Å². The molecule has 0 unspecified atom stereocenters. The third-order valence-corrected chi connectivity index (χ3v) is 4.21. The fourth-order valence-corrected chi connectivity index (χ4v) is 2.86. The van der Waals surface area contributed by atoms with Crippen LogP contribution < -0.4 is 5.32 Å². The van der Waals surface area contributed by atoms with Crippen LogP contribution in [0.25, 0.3) is 0 Å². The molecule has 0 radical (unpaired) electrons. The molecule has 1 N–H and O–H groups in total. The maximum atomic E-state index is 14.3. The van der Waals surface area contributed by atoms with Gasteiger partial charge in [0.05, 0.1) is 16.8 Å². The molecule has 0 atom stereocenters. The van der Waals surface area contributed by atoms with Crippen LogP contribution in [0, 0.1) is 11.7 Å². The molecule has 1 aromatic carbocycles. The first kappa shape index (κ1) is 21.4. The van der Waals surface area contributed by atoms with E-state index in [1.54, 1.807) is 12.1 Å². The minimum atomic E-state index is -4.72. The van der Waals surface area contributed by atoms with E-state index in [-0.39, 0.29) is 17.2 Å². The molecule has 3 aromatic rings. The minimum Gasteiger partial charge on any atom is -0.322 e. The maximum absolute atomic E-state index is 14.3. The Morgan fingerprint density at radius 3 is 2.40 bits per heavy atom. The van der Waals surface area contributed by atoms with Gasteiger partial charge in [0.1, 0.15) is 5.82 Å². The number of alkyl halides is 3. The standard InChI is InChI=1S/C21H18F4N4O/c1-12(2)7-13-3-4-18(17(22)8-13)29-20-27-9-14(10-28-20)19(30)15-5-6-26-11-16(15)21(23,24)25/h3-6,8-12H,7H2,1-2H3,(H,27,28,29). The number of hydrogen-bond donors (Lipinski definition) is 1. The van der Waals surface area contributed by atoms with E-state index in [1.165, 1.54) is 6.07 Å². The molecule has 0 aliphatic carbocycles. The third-order valence-electron chi connectivity index (χ3n) is 4.21. The van der Waals surface area contributed by atoms with Crippen molar-refractivity contribution in [3.8, 4) is 0 Å². The van der Waals surface area contributed by atoms with E-state index in [0.29, 0.717) is 12.1 Å². The third kappa shape index (κ3) is 4.97. The zero-order valence-electron chi connectivity index (χ0n) is 16.2. The van der Waals surface area contributed by atoms with Gasteiger partial charge in [0.2, 0.25) is 5.95 Å². The first-order valence-electron chi connectivity index (χ1n) is 9.08. The summed E-state index contributed by atoms with van der Waals surface area (Å²) in [6.45, 7) is 4.06. The van der Waals surface area contributed by atoms with Crippen LogP contribution in [0.3, 0.4) is 0 Å². The lowest BCUT2D eigenvalue weighted by Gasteiger charge is -2.11. The number of anilines is 2. The monoisotopic (exact) mass is 418 g/mol. The van der Waals surface area contributed by atoms with Gasteiger partial charge in [0, 0.05) is 30.4 Å². The van der Waals surface area contributed by atoms with Crippen molar-refractivity contribution in [1.82, 2.24) is 15.0 Å². The van der Waals surface area contributed by atoms with Crippen LogP contribution in [0.5, 0.6) is 0 Å².